The van der Waals surface area contributed by atoms with Gasteiger partial charge in [-0.1, -0.05) is 12.1 Å². The van der Waals surface area contributed by atoms with Crippen LogP contribution in [0.5, 0.6) is 0 Å². The molecule has 1 aromatic carbocycles. The smallest absolute Gasteiger partial charge is 0.256 e. The molecule has 0 saturated carbocycles. The Morgan fingerprint density at radius 2 is 1.88 bits per heavy atom. The summed E-state index contributed by atoms with van der Waals surface area (Å²) in [6.07, 6.45) is 1.71. The lowest BCUT2D eigenvalue weighted by atomic mass is 10.1. The first kappa shape index (κ1) is 16.2. The molecule has 0 radical (unpaired) electrons. The molecule has 1 aliphatic rings. The van der Waals surface area contributed by atoms with E-state index in [9.17, 15) is 9.18 Å². The summed E-state index contributed by atoms with van der Waals surface area (Å²) in [4.78, 5) is 18.2. The molecular weight excluding hydrogens is 309 g/mol. The summed E-state index contributed by atoms with van der Waals surface area (Å²) in [5, 5.41) is 8.20. The van der Waals surface area contributed by atoms with Gasteiger partial charge in [0.2, 0.25) is 0 Å². The highest BCUT2D eigenvalue weighted by atomic mass is 19.1. The Balaban J connectivity index is 1.67. The molecule has 6 nitrogen and oxygen atoms in total. The molecule has 2 heterocycles. The number of nitrogens with zero attached hydrogens (tertiary/aromatic N) is 5. The van der Waals surface area contributed by atoms with Crippen molar-refractivity contribution in [1.82, 2.24) is 15.1 Å². The monoisotopic (exact) mass is 329 g/mol. The van der Waals surface area contributed by atoms with E-state index < -0.39 is 5.82 Å². The van der Waals surface area contributed by atoms with Crippen LogP contribution in [-0.2, 0) is 0 Å². The van der Waals surface area contributed by atoms with Crippen LogP contribution in [0.25, 0.3) is 0 Å². The first-order valence-electron chi connectivity index (χ1n) is 7.85. The normalized spacial score (nSPS) is 14.6. The summed E-state index contributed by atoms with van der Waals surface area (Å²) in [7, 11) is 3.90. The molecule has 126 valence electrons. The van der Waals surface area contributed by atoms with E-state index in [0.29, 0.717) is 26.2 Å². The molecule has 0 unspecified atom stereocenters. The molecule has 0 bridgehead atoms. The maximum Gasteiger partial charge on any atom is 0.256 e. The van der Waals surface area contributed by atoms with Crippen LogP contribution in [0, 0.1) is 5.82 Å². The Hall–Kier alpha value is -2.70. The van der Waals surface area contributed by atoms with Gasteiger partial charge in [-0.15, -0.1) is 5.10 Å². The largest absolute Gasteiger partial charge is 0.376 e. The van der Waals surface area contributed by atoms with Crippen molar-refractivity contribution in [3.05, 3.63) is 47.9 Å². The molecule has 1 amide bonds. The van der Waals surface area contributed by atoms with Gasteiger partial charge in [-0.05, 0) is 12.1 Å². The maximum atomic E-state index is 13.8. The van der Waals surface area contributed by atoms with Gasteiger partial charge in [0.15, 0.2) is 5.82 Å². The SMILES string of the molecule is CN(C)c1cnnc(N2CCN(C(=O)c3ccccc3F)CC2)c1. The Labute approximate surface area is 140 Å². The van der Waals surface area contributed by atoms with Gasteiger partial charge in [-0.2, -0.15) is 5.10 Å². The van der Waals surface area contributed by atoms with E-state index in [1.807, 2.05) is 25.1 Å². The summed E-state index contributed by atoms with van der Waals surface area (Å²) in [6, 6.07) is 8.07. The van der Waals surface area contributed by atoms with Gasteiger partial charge in [0.25, 0.3) is 5.91 Å². The van der Waals surface area contributed by atoms with Gasteiger partial charge in [0.1, 0.15) is 5.82 Å². The van der Waals surface area contributed by atoms with Crippen LogP contribution >= 0.6 is 0 Å². The van der Waals surface area contributed by atoms with Gasteiger partial charge in [-0.3, -0.25) is 4.79 Å². The topological polar surface area (TPSA) is 52.6 Å². The number of piperazine rings is 1. The quantitative estimate of drug-likeness (QED) is 0.857. The summed E-state index contributed by atoms with van der Waals surface area (Å²) >= 11 is 0. The third kappa shape index (κ3) is 3.29. The number of hydrogen-bond acceptors (Lipinski definition) is 5. The third-order valence-corrected chi connectivity index (χ3v) is 4.14. The van der Waals surface area contributed by atoms with Crippen LogP contribution in [0.4, 0.5) is 15.9 Å². The lowest BCUT2D eigenvalue weighted by Crippen LogP contribution is -2.49. The van der Waals surface area contributed by atoms with Gasteiger partial charge >= 0.3 is 0 Å². The molecule has 1 fully saturated rings. The summed E-state index contributed by atoms with van der Waals surface area (Å²) in [5.74, 6) is 0.0505. The van der Waals surface area contributed by atoms with Crippen molar-refractivity contribution < 1.29 is 9.18 Å². The number of hydrogen-bond donors (Lipinski definition) is 0. The molecule has 0 aliphatic carbocycles. The zero-order chi connectivity index (χ0) is 17.1. The highest BCUT2D eigenvalue weighted by Crippen LogP contribution is 2.19. The van der Waals surface area contributed by atoms with Crippen molar-refractivity contribution in [3.8, 4) is 0 Å². The minimum absolute atomic E-state index is 0.125. The van der Waals surface area contributed by atoms with Crippen molar-refractivity contribution in [2.45, 2.75) is 0 Å². The van der Waals surface area contributed by atoms with Crippen LogP contribution in [-0.4, -0.2) is 61.3 Å². The van der Waals surface area contributed by atoms with E-state index in [4.69, 9.17) is 0 Å². The van der Waals surface area contributed by atoms with E-state index in [1.165, 1.54) is 12.1 Å². The second-order valence-corrected chi connectivity index (χ2v) is 5.93. The number of halogens is 1. The molecule has 24 heavy (non-hydrogen) atoms. The Bertz CT molecular complexity index is 728. The molecule has 1 aromatic heterocycles. The van der Waals surface area contributed by atoms with Gasteiger partial charge in [0, 0.05) is 46.3 Å². The first-order valence-corrected chi connectivity index (χ1v) is 7.85. The van der Waals surface area contributed by atoms with Crippen LogP contribution in [0.2, 0.25) is 0 Å². The lowest BCUT2D eigenvalue weighted by Gasteiger charge is -2.35. The molecule has 0 spiro atoms. The average Bonchev–Trinajstić information content (AvgIpc) is 2.62. The van der Waals surface area contributed by atoms with E-state index in [2.05, 4.69) is 15.1 Å². The molecule has 1 aliphatic heterocycles. The number of carbonyl (C=O) groups is 1. The van der Waals surface area contributed by atoms with Crippen LogP contribution in [0.3, 0.4) is 0 Å². The number of anilines is 2. The fraction of sp³-hybridized carbons (Fsp3) is 0.353. The first-order chi connectivity index (χ1) is 11.6. The van der Waals surface area contributed by atoms with Gasteiger partial charge in [0.05, 0.1) is 17.4 Å². The average molecular weight is 329 g/mol. The highest BCUT2D eigenvalue weighted by Gasteiger charge is 2.24. The minimum Gasteiger partial charge on any atom is -0.376 e. The lowest BCUT2D eigenvalue weighted by molar-refractivity contribution is 0.0742. The Morgan fingerprint density at radius 3 is 2.54 bits per heavy atom. The molecule has 7 heteroatoms. The van der Waals surface area contributed by atoms with Crippen LogP contribution in [0.15, 0.2) is 36.5 Å². The molecule has 0 N–H and O–H groups in total. The van der Waals surface area contributed by atoms with Crippen molar-refractivity contribution in [2.75, 3.05) is 50.1 Å². The molecule has 0 atom stereocenters. The second-order valence-electron chi connectivity index (χ2n) is 5.93. The molecule has 1 saturated heterocycles. The van der Waals surface area contributed by atoms with E-state index in [1.54, 1.807) is 23.2 Å². The standard InChI is InChI=1S/C17H20FN5O/c1-21(2)13-11-16(20-19-12-13)22-7-9-23(10-8-22)17(24)14-5-3-4-6-15(14)18/h3-6,11-12H,7-10H2,1-2H3. The van der Waals surface area contributed by atoms with Crippen molar-refractivity contribution in [1.29, 1.82) is 0 Å². The third-order valence-electron chi connectivity index (χ3n) is 4.14. The zero-order valence-electron chi connectivity index (χ0n) is 13.8. The summed E-state index contributed by atoms with van der Waals surface area (Å²) < 4.78 is 13.8. The van der Waals surface area contributed by atoms with Crippen molar-refractivity contribution in [2.24, 2.45) is 0 Å². The number of aromatic nitrogens is 2. The van der Waals surface area contributed by atoms with E-state index in [0.717, 1.165) is 11.5 Å². The summed E-state index contributed by atoms with van der Waals surface area (Å²) in [5.41, 5.74) is 1.10. The summed E-state index contributed by atoms with van der Waals surface area (Å²) in [6.45, 7) is 2.35. The second kappa shape index (κ2) is 6.82. The van der Waals surface area contributed by atoms with Gasteiger partial charge < -0.3 is 14.7 Å². The minimum atomic E-state index is -0.477. The van der Waals surface area contributed by atoms with Crippen LogP contribution < -0.4 is 9.80 Å². The highest BCUT2D eigenvalue weighted by molar-refractivity contribution is 5.94. The number of carbonyl (C=O) groups excluding carboxylic acids is 1. The molecular formula is C17H20FN5O. The van der Waals surface area contributed by atoms with Gasteiger partial charge in [-0.25, -0.2) is 4.39 Å². The fourth-order valence-corrected chi connectivity index (χ4v) is 2.69. The Morgan fingerprint density at radius 1 is 1.17 bits per heavy atom. The predicted molar refractivity (Wildman–Crippen MR) is 90.9 cm³/mol. The number of rotatable bonds is 3. The van der Waals surface area contributed by atoms with Crippen molar-refractivity contribution in [3.63, 3.8) is 0 Å². The maximum absolute atomic E-state index is 13.8. The number of amides is 1. The Kier molecular flexibility index (Phi) is 4.59. The van der Waals surface area contributed by atoms with Crippen molar-refractivity contribution >= 4 is 17.4 Å². The number of benzene rings is 1. The van der Waals surface area contributed by atoms with E-state index in [-0.39, 0.29) is 11.5 Å². The fourth-order valence-electron chi connectivity index (χ4n) is 2.69. The van der Waals surface area contributed by atoms with Crippen LogP contribution in [0.1, 0.15) is 10.4 Å². The molecule has 2 aromatic rings. The van der Waals surface area contributed by atoms with E-state index >= 15 is 0 Å². The zero-order valence-corrected chi connectivity index (χ0v) is 13.8. The predicted octanol–water partition coefficient (Wildman–Crippen LogP) is 1.64. The molecule has 3 rings (SSSR count).